The van der Waals surface area contributed by atoms with Crippen LogP contribution in [0.5, 0.6) is 0 Å². The molecule has 0 spiro atoms. The van der Waals surface area contributed by atoms with Crippen molar-refractivity contribution >= 4 is 11.9 Å². The van der Waals surface area contributed by atoms with Crippen molar-refractivity contribution in [2.45, 2.75) is 50.6 Å². The first-order valence-electron chi connectivity index (χ1n) is 12.6. The molecule has 1 heterocycles. The number of piperazine rings is 1. The average molecular weight is 485 g/mol. The summed E-state index contributed by atoms with van der Waals surface area (Å²) in [4.78, 5) is 28.9. The van der Waals surface area contributed by atoms with Crippen LogP contribution in [0.15, 0.2) is 48.5 Å². The second kappa shape index (κ2) is 12.1. The van der Waals surface area contributed by atoms with Crippen LogP contribution in [0.4, 0.5) is 13.6 Å². The van der Waals surface area contributed by atoms with Crippen molar-refractivity contribution in [2.24, 2.45) is 0 Å². The van der Waals surface area contributed by atoms with E-state index in [4.69, 9.17) is 0 Å². The van der Waals surface area contributed by atoms with E-state index < -0.39 is 0 Å². The van der Waals surface area contributed by atoms with E-state index in [1.807, 2.05) is 4.90 Å². The van der Waals surface area contributed by atoms with Gasteiger partial charge in [0.2, 0.25) is 5.91 Å². The standard InChI is InChI=1S/C27H34F2N4O2/c28-22-10-6-20(7-11-22)26(21-8-12-23(29)13-9-21)33-18-16-32(17-19-33)25(34)14-15-30-27(35)31-24-4-2-1-3-5-24/h6-13,24,26H,1-5,14-19H2,(H2,30,31,35). The van der Waals surface area contributed by atoms with Crippen molar-refractivity contribution in [3.8, 4) is 0 Å². The highest BCUT2D eigenvalue weighted by Crippen LogP contribution is 2.30. The Bertz CT molecular complexity index is 924. The highest BCUT2D eigenvalue weighted by molar-refractivity contribution is 5.78. The van der Waals surface area contributed by atoms with Gasteiger partial charge in [-0.05, 0) is 48.2 Å². The average Bonchev–Trinajstić information content (AvgIpc) is 2.87. The third-order valence-electron chi connectivity index (χ3n) is 6.97. The van der Waals surface area contributed by atoms with Crippen molar-refractivity contribution in [1.82, 2.24) is 20.4 Å². The molecule has 2 fully saturated rings. The van der Waals surface area contributed by atoms with Crippen LogP contribution in [0.2, 0.25) is 0 Å². The molecule has 4 rings (SSSR count). The maximum Gasteiger partial charge on any atom is 0.315 e. The van der Waals surface area contributed by atoms with Gasteiger partial charge in [0, 0.05) is 45.2 Å². The predicted molar refractivity (Wildman–Crippen MR) is 131 cm³/mol. The summed E-state index contributed by atoms with van der Waals surface area (Å²) in [6.07, 6.45) is 5.84. The third-order valence-corrected chi connectivity index (χ3v) is 6.97. The number of halogens is 2. The molecule has 35 heavy (non-hydrogen) atoms. The summed E-state index contributed by atoms with van der Waals surface area (Å²) in [5, 5.41) is 5.81. The number of hydrogen-bond acceptors (Lipinski definition) is 3. The van der Waals surface area contributed by atoms with Crippen LogP contribution < -0.4 is 10.6 Å². The fourth-order valence-corrected chi connectivity index (χ4v) is 5.06. The van der Waals surface area contributed by atoms with Crippen LogP contribution >= 0.6 is 0 Å². The molecule has 2 aliphatic rings. The lowest BCUT2D eigenvalue weighted by atomic mass is 9.96. The Labute approximate surface area is 205 Å². The van der Waals surface area contributed by atoms with Gasteiger partial charge in [-0.2, -0.15) is 0 Å². The molecule has 0 unspecified atom stereocenters. The zero-order chi connectivity index (χ0) is 24.6. The Morgan fingerprint density at radius 2 is 1.37 bits per heavy atom. The maximum absolute atomic E-state index is 13.5. The molecule has 6 nitrogen and oxygen atoms in total. The first kappa shape index (κ1) is 25.1. The number of rotatable bonds is 7. The predicted octanol–water partition coefficient (Wildman–Crippen LogP) is 4.22. The Balaban J connectivity index is 1.28. The summed E-state index contributed by atoms with van der Waals surface area (Å²) in [5.74, 6) is -0.589. The van der Waals surface area contributed by atoms with E-state index in [0.29, 0.717) is 32.7 Å². The molecule has 0 aromatic heterocycles. The quantitative estimate of drug-likeness (QED) is 0.619. The molecule has 1 aliphatic heterocycles. The molecule has 0 bridgehead atoms. The van der Waals surface area contributed by atoms with Crippen LogP contribution in [-0.2, 0) is 4.79 Å². The molecule has 8 heteroatoms. The second-order valence-electron chi connectivity index (χ2n) is 9.41. The minimum absolute atomic E-state index is 0.0164. The van der Waals surface area contributed by atoms with E-state index in [9.17, 15) is 18.4 Å². The molecule has 2 N–H and O–H groups in total. The van der Waals surface area contributed by atoms with Crippen molar-refractivity contribution < 1.29 is 18.4 Å². The SMILES string of the molecule is O=C(NCCC(=O)N1CCN(C(c2ccc(F)cc2)c2ccc(F)cc2)CC1)NC1CCCCC1. The summed E-state index contributed by atoms with van der Waals surface area (Å²) in [5.41, 5.74) is 1.84. The van der Waals surface area contributed by atoms with E-state index in [-0.39, 0.29) is 42.1 Å². The maximum atomic E-state index is 13.5. The normalized spacial score (nSPS) is 17.4. The number of carbonyl (C=O) groups excluding carboxylic acids is 2. The minimum atomic E-state index is -0.303. The summed E-state index contributed by atoms with van der Waals surface area (Å²) < 4.78 is 27.0. The molecule has 0 atom stereocenters. The molecule has 2 aromatic carbocycles. The molecule has 2 aromatic rings. The Morgan fingerprint density at radius 1 is 0.829 bits per heavy atom. The van der Waals surface area contributed by atoms with E-state index in [1.165, 1.54) is 30.7 Å². The van der Waals surface area contributed by atoms with E-state index >= 15 is 0 Å². The first-order chi connectivity index (χ1) is 17.0. The van der Waals surface area contributed by atoms with Gasteiger partial charge in [-0.25, -0.2) is 13.6 Å². The molecule has 1 saturated carbocycles. The fourth-order valence-electron chi connectivity index (χ4n) is 5.06. The Hall–Kier alpha value is -3.00. The molecule has 188 valence electrons. The van der Waals surface area contributed by atoms with Gasteiger partial charge < -0.3 is 15.5 Å². The number of nitrogens with one attached hydrogen (secondary N) is 2. The number of benzene rings is 2. The van der Waals surface area contributed by atoms with Gasteiger partial charge in [0.05, 0.1) is 6.04 Å². The van der Waals surface area contributed by atoms with Gasteiger partial charge >= 0.3 is 6.03 Å². The summed E-state index contributed by atoms with van der Waals surface area (Å²) >= 11 is 0. The zero-order valence-corrected chi connectivity index (χ0v) is 20.0. The smallest absolute Gasteiger partial charge is 0.315 e. The third kappa shape index (κ3) is 7.01. The van der Waals surface area contributed by atoms with Gasteiger partial charge in [-0.3, -0.25) is 9.69 Å². The lowest BCUT2D eigenvalue weighted by Crippen LogP contribution is -2.50. The number of urea groups is 1. The highest BCUT2D eigenvalue weighted by Gasteiger charge is 2.28. The van der Waals surface area contributed by atoms with Crippen LogP contribution in [-0.4, -0.2) is 60.5 Å². The number of amides is 3. The fraction of sp³-hybridized carbons (Fsp3) is 0.481. The van der Waals surface area contributed by atoms with Gasteiger partial charge in [0.25, 0.3) is 0 Å². The largest absolute Gasteiger partial charge is 0.340 e. The van der Waals surface area contributed by atoms with Crippen LogP contribution in [0.3, 0.4) is 0 Å². The van der Waals surface area contributed by atoms with Crippen molar-refractivity contribution in [1.29, 1.82) is 0 Å². The molecule has 1 aliphatic carbocycles. The second-order valence-corrected chi connectivity index (χ2v) is 9.41. The number of carbonyl (C=O) groups is 2. The van der Waals surface area contributed by atoms with E-state index in [0.717, 1.165) is 36.8 Å². The van der Waals surface area contributed by atoms with Gasteiger partial charge in [0.15, 0.2) is 0 Å². The Kier molecular flexibility index (Phi) is 8.69. The first-order valence-corrected chi connectivity index (χ1v) is 12.6. The van der Waals surface area contributed by atoms with Crippen molar-refractivity contribution in [2.75, 3.05) is 32.7 Å². The lowest BCUT2D eigenvalue weighted by Gasteiger charge is -2.40. The molecule has 0 radical (unpaired) electrons. The summed E-state index contributed by atoms with van der Waals surface area (Å²) in [6, 6.07) is 12.6. The monoisotopic (exact) mass is 484 g/mol. The van der Waals surface area contributed by atoms with Crippen LogP contribution in [0.1, 0.15) is 55.7 Å². The Morgan fingerprint density at radius 3 is 1.91 bits per heavy atom. The summed E-state index contributed by atoms with van der Waals surface area (Å²) in [6.45, 7) is 2.71. The molecular formula is C27H34F2N4O2. The van der Waals surface area contributed by atoms with Crippen LogP contribution in [0.25, 0.3) is 0 Å². The highest BCUT2D eigenvalue weighted by atomic mass is 19.1. The molecule has 1 saturated heterocycles. The van der Waals surface area contributed by atoms with E-state index in [2.05, 4.69) is 15.5 Å². The minimum Gasteiger partial charge on any atom is -0.340 e. The molecule has 3 amide bonds. The topological polar surface area (TPSA) is 64.7 Å². The molecular weight excluding hydrogens is 450 g/mol. The number of nitrogens with zero attached hydrogens (tertiary/aromatic N) is 2. The van der Waals surface area contributed by atoms with Gasteiger partial charge in [0.1, 0.15) is 11.6 Å². The zero-order valence-electron chi connectivity index (χ0n) is 20.0. The van der Waals surface area contributed by atoms with Crippen molar-refractivity contribution in [3.05, 3.63) is 71.3 Å². The lowest BCUT2D eigenvalue weighted by molar-refractivity contribution is -0.133. The van der Waals surface area contributed by atoms with E-state index in [1.54, 1.807) is 24.3 Å². The van der Waals surface area contributed by atoms with Crippen LogP contribution in [0, 0.1) is 11.6 Å². The van der Waals surface area contributed by atoms with Gasteiger partial charge in [-0.15, -0.1) is 0 Å². The van der Waals surface area contributed by atoms with Crippen molar-refractivity contribution in [3.63, 3.8) is 0 Å². The van der Waals surface area contributed by atoms with Gasteiger partial charge in [-0.1, -0.05) is 43.5 Å². The number of hydrogen-bond donors (Lipinski definition) is 2. The summed E-state index contributed by atoms with van der Waals surface area (Å²) in [7, 11) is 0.